The number of nitrogens with two attached hydrogens (primary N) is 1. The fraction of sp³-hybridized carbons (Fsp3) is 0.0714. The molecular formula is C14H8F3N3O. The van der Waals surface area contributed by atoms with Crippen LogP contribution in [0.2, 0.25) is 0 Å². The normalized spacial score (nSPS) is 17.4. The number of primary amides is 1. The molecule has 0 spiro atoms. The van der Waals surface area contributed by atoms with Gasteiger partial charge in [-0.05, 0) is 12.1 Å². The Bertz CT molecular complexity index is 840. The Hall–Kier alpha value is -2.70. The highest BCUT2D eigenvalue weighted by molar-refractivity contribution is 6.25. The van der Waals surface area contributed by atoms with E-state index < -0.39 is 35.0 Å². The van der Waals surface area contributed by atoms with E-state index in [0.717, 1.165) is 0 Å². The molecule has 0 unspecified atom stereocenters. The maximum atomic E-state index is 13.9. The largest absolute Gasteiger partial charge is 0.366 e. The van der Waals surface area contributed by atoms with Crippen molar-refractivity contribution in [3.05, 3.63) is 58.5 Å². The van der Waals surface area contributed by atoms with Gasteiger partial charge < -0.3 is 5.73 Å². The van der Waals surface area contributed by atoms with E-state index >= 15 is 0 Å². The smallest absolute Gasteiger partial charge is 0.246 e. The van der Waals surface area contributed by atoms with Gasteiger partial charge in [-0.3, -0.25) is 4.79 Å². The summed E-state index contributed by atoms with van der Waals surface area (Å²) in [5.74, 6) is -4.54. The highest BCUT2D eigenvalue weighted by Crippen LogP contribution is 2.26. The fourth-order valence-electron chi connectivity index (χ4n) is 2.06. The molecule has 0 bridgehead atoms. The van der Waals surface area contributed by atoms with Crippen molar-refractivity contribution in [3.8, 4) is 0 Å². The van der Waals surface area contributed by atoms with Crippen LogP contribution in [0.25, 0.3) is 0 Å². The van der Waals surface area contributed by atoms with Crippen LogP contribution in [0.3, 0.4) is 0 Å². The van der Waals surface area contributed by atoms with E-state index in [4.69, 9.17) is 7.10 Å². The van der Waals surface area contributed by atoms with Crippen molar-refractivity contribution in [3.63, 3.8) is 0 Å². The number of amidine groups is 1. The van der Waals surface area contributed by atoms with E-state index in [1.165, 1.54) is 12.3 Å². The number of aliphatic imine (C=N–C) groups is 2. The van der Waals surface area contributed by atoms with Gasteiger partial charge in [-0.2, -0.15) is 0 Å². The van der Waals surface area contributed by atoms with Gasteiger partial charge in [0.2, 0.25) is 5.91 Å². The third kappa shape index (κ3) is 2.26. The van der Waals surface area contributed by atoms with E-state index in [0.29, 0.717) is 11.6 Å². The minimum absolute atomic E-state index is 0.0248. The molecule has 21 heavy (non-hydrogen) atoms. The van der Waals surface area contributed by atoms with Gasteiger partial charge in [0.1, 0.15) is 5.82 Å². The third-order valence-corrected chi connectivity index (χ3v) is 3.07. The SMILES string of the molecule is [2H]c1c(F)cc(C2=NC3=NC=C(C(N)=O)CC3=C2)c(F)c1F. The second-order valence-electron chi connectivity index (χ2n) is 4.47. The maximum absolute atomic E-state index is 13.9. The van der Waals surface area contributed by atoms with Crippen LogP contribution in [0.15, 0.2) is 45.5 Å². The second-order valence-corrected chi connectivity index (χ2v) is 4.47. The van der Waals surface area contributed by atoms with Crippen molar-refractivity contribution < 1.29 is 19.3 Å². The van der Waals surface area contributed by atoms with Gasteiger partial charge in [-0.25, -0.2) is 23.2 Å². The number of hydrogen-bond donors (Lipinski definition) is 1. The average Bonchev–Trinajstić information content (AvgIpc) is 2.91. The summed E-state index contributed by atoms with van der Waals surface area (Å²) < 4.78 is 47.8. The summed E-state index contributed by atoms with van der Waals surface area (Å²) in [6.07, 6.45) is 2.80. The van der Waals surface area contributed by atoms with Crippen molar-refractivity contribution in [1.29, 1.82) is 0 Å². The standard InChI is InChI=1S/C14H8F3N3O/c15-8-3-9(12(17)10(16)4-8)11-2-6-1-7(13(18)21)5-19-14(6)20-11/h2-5H,1H2,(H2,18,21)/i4D. The molecule has 2 N–H and O–H groups in total. The molecule has 7 heteroatoms. The van der Waals surface area contributed by atoms with Crippen LogP contribution >= 0.6 is 0 Å². The number of carbonyl (C=O) groups is 1. The van der Waals surface area contributed by atoms with Gasteiger partial charge in [0.25, 0.3) is 0 Å². The Morgan fingerprint density at radius 1 is 1.38 bits per heavy atom. The highest BCUT2D eigenvalue weighted by atomic mass is 19.2. The first-order valence-corrected chi connectivity index (χ1v) is 5.89. The van der Waals surface area contributed by atoms with Crippen molar-refractivity contribution in [1.82, 2.24) is 0 Å². The quantitative estimate of drug-likeness (QED) is 0.832. The van der Waals surface area contributed by atoms with E-state index in [1.54, 1.807) is 0 Å². The number of amides is 1. The zero-order valence-corrected chi connectivity index (χ0v) is 10.5. The number of allylic oxidation sites excluding steroid dienone is 1. The average molecular weight is 292 g/mol. The molecule has 0 fully saturated rings. The summed E-state index contributed by atoms with van der Waals surface area (Å²) in [6, 6.07) is -0.434. The lowest BCUT2D eigenvalue weighted by Gasteiger charge is -2.08. The summed E-state index contributed by atoms with van der Waals surface area (Å²) in [5, 5.41) is 0. The molecule has 2 heterocycles. The summed E-state index contributed by atoms with van der Waals surface area (Å²) in [7, 11) is 0. The van der Waals surface area contributed by atoms with E-state index in [2.05, 4.69) is 9.98 Å². The van der Waals surface area contributed by atoms with Gasteiger partial charge in [0, 0.05) is 35.4 Å². The van der Waals surface area contributed by atoms with Crippen LogP contribution in [0.4, 0.5) is 13.2 Å². The fourth-order valence-corrected chi connectivity index (χ4v) is 2.06. The lowest BCUT2D eigenvalue weighted by Crippen LogP contribution is -2.17. The summed E-state index contributed by atoms with van der Waals surface area (Å²) in [4.78, 5) is 19.0. The number of benzene rings is 1. The lowest BCUT2D eigenvalue weighted by atomic mass is 10.0. The number of rotatable bonds is 2. The molecule has 0 saturated heterocycles. The molecule has 2 aliphatic rings. The molecule has 0 aliphatic carbocycles. The predicted octanol–water partition coefficient (Wildman–Crippen LogP) is 2.00. The Morgan fingerprint density at radius 3 is 2.86 bits per heavy atom. The van der Waals surface area contributed by atoms with Crippen molar-refractivity contribution in [2.45, 2.75) is 6.42 Å². The van der Waals surface area contributed by atoms with Crippen LogP contribution < -0.4 is 5.73 Å². The molecule has 106 valence electrons. The first-order valence-electron chi connectivity index (χ1n) is 6.39. The Balaban J connectivity index is 2.04. The second kappa shape index (κ2) is 4.69. The molecule has 1 aromatic carbocycles. The van der Waals surface area contributed by atoms with Crippen molar-refractivity contribution >= 4 is 17.5 Å². The highest BCUT2D eigenvalue weighted by Gasteiger charge is 2.25. The summed E-state index contributed by atoms with van der Waals surface area (Å²) in [6.45, 7) is 0. The molecule has 3 rings (SSSR count). The van der Waals surface area contributed by atoms with Crippen LogP contribution in [0.5, 0.6) is 0 Å². The molecule has 1 aromatic rings. The number of halogens is 3. The molecular weight excluding hydrogens is 283 g/mol. The van der Waals surface area contributed by atoms with E-state index in [-0.39, 0.29) is 23.5 Å². The Labute approximate surface area is 118 Å². The third-order valence-electron chi connectivity index (χ3n) is 3.07. The molecule has 0 saturated carbocycles. The van der Waals surface area contributed by atoms with Gasteiger partial charge in [0.05, 0.1) is 7.08 Å². The van der Waals surface area contributed by atoms with Crippen LogP contribution in [0.1, 0.15) is 13.4 Å². The molecule has 0 radical (unpaired) electrons. The predicted molar refractivity (Wildman–Crippen MR) is 70.3 cm³/mol. The molecule has 0 atom stereocenters. The van der Waals surface area contributed by atoms with Gasteiger partial charge in [0.15, 0.2) is 17.5 Å². The minimum atomic E-state index is -1.58. The zero-order chi connectivity index (χ0) is 16.0. The topological polar surface area (TPSA) is 67.8 Å². The van der Waals surface area contributed by atoms with Gasteiger partial charge >= 0.3 is 0 Å². The number of carbonyl (C=O) groups excluding carboxylic acids is 1. The first kappa shape index (κ1) is 12.1. The van der Waals surface area contributed by atoms with Crippen LogP contribution in [0, 0.1) is 17.5 Å². The zero-order valence-electron chi connectivity index (χ0n) is 11.5. The first-order chi connectivity index (χ1) is 10.4. The lowest BCUT2D eigenvalue weighted by molar-refractivity contribution is -0.114. The van der Waals surface area contributed by atoms with Crippen LogP contribution in [-0.4, -0.2) is 17.5 Å². The monoisotopic (exact) mass is 292 g/mol. The summed E-state index contributed by atoms with van der Waals surface area (Å²) in [5.41, 5.74) is 5.48. The van der Waals surface area contributed by atoms with Gasteiger partial charge in [-0.15, -0.1) is 0 Å². The molecule has 2 aliphatic heterocycles. The summed E-state index contributed by atoms with van der Waals surface area (Å²) >= 11 is 0. The number of fused-ring (bicyclic) bond motifs is 1. The van der Waals surface area contributed by atoms with E-state index in [1.807, 2.05) is 0 Å². The molecule has 1 amide bonds. The van der Waals surface area contributed by atoms with Crippen LogP contribution in [-0.2, 0) is 4.79 Å². The van der Waals surface area contributed by atoms with Crippen molar-refractivity contribution in [2.75, 3.05) is 0 Å². The van der Waals surface area contributed by atoms with E-state index in [9.17, 15) is 18.0 Å². The number of nitrogens with zero attached hydrogens (tertiary/aromatic N) is 2. The minimum Gasteiger partial charge on any atom is -0.366 e. The molecule has 4 nitrogen and oxygen atoms in total. The maximum Gasteiger partial charge on any atom is 0.246 e. The Morgan fingerprint density at radius 2 is 2.14 bits per heavy atom. The molecule has 0 aromatic heterocycles. The van der Waals surface area contributed by atoms with Gasteiger partial charge in [-0.1, -0.05) is 0 Å². The number of hydrogen-bond acceptors (Lipinski definition) is 3. The van der Waals surface area contributed by atoms with Crippen molar-refractivity contribution in [2.24, 2.45) is 15.7 Å². The Kier molecular flexibility index (Phi) is 2.70.